The lowest BCUT2D eigenvalue weighted by Crippen LogP contribution is -2.34. The van der Waals surface area contributed by atoms with Crippen molar-refractivity contribution in [1.29, 1.82) is 0 Å². The van der Waals surface area contributed by atoms with Gasteiger partial charge < -0.3 is 21.1 Å². The molecule has 166 valence electrons. The Morgan fingerprint density at radius 1 is 1.25 bits per heavy atom. The van der Waals surface area contributed by atoms with Crippen molar-refractivity contribution in [3.05, 3.63) is 59.7 Å². The number of nitrogens with zero attached hydrogens (tertiary/aromatic N) is 2. The molecule has 2 aromatic carbocycles. The molecule has 0 saturated carbocycles. The van der Waals surface area contributed by atoms with E-state index in [1.807, 2.05) is 0 Å². The zero-order valence-corrected chi connectivity index (χ0v) is 17.2. The lowest BCUT2D eigenvalue weighted by Gasteiger charge is -2.26. The molecule has 1 aliphatic heterocycles. The Balaban J connectivity index is 1.64. The van der Waals surface area contributed by atoms with E-state index in [0.717, 1.165) is 12.1 Å². The summed E-state index contributed by atoms with van der Waals surface area (Å²) >= 11 is 0. The highest BCUT2D eigenvalue weighted by Gasteiger charge is 2.29. The van der Waals surface area contributed by atoms with Crippen LogP contribution in [-0.4, -0.2) is 34.7 Å². The molecule has 0 aliphatic carbocycles. The van der Waals surface area contributed by atoms with Crippen LogP contribution in [0.15, 0.2) is 42.5 Å². The van der Waals surface area contributed by atoms with Crippen LogP contribution in [0.4, 0.5) is 14.6 Å². The summed E-state index contributed by atoms with van der Waals surface area (Å²) in [5, 5.41) is 10.5. The van der Waals surface area contributed by atoms with Gasteiger partial charge in [0.25, 0.3) is 5.91 Å². The first-order valence-corrected chi connectivity index (χ1v) is 9.97. The largest absolute Gasteiger partial charge is 0.454 e. The molecule has 4 rings (SSSR count). The number of anilines is 1. The standard InChI is InChI=1S/C22H21F2N5O3/c1-12(30)27-11-15-8-9-26-22-19(21(25)31)20(28-29(15)22)13-2-5-16(6-3-13)32-18-7-4-14(23)10-17(18)24/h2-7,10,15,26H,8-9,11H2,1H3,(H2,25,31)(H,27,30). The second kappa shape index (κ2) is 8.66. The molecule has 0 radical (unpaired) electrons. The fraction of sp³-hybridized carbons (Fsp3) is 0.227. The quantitative estimate of drug-likeness (QED) is 0.544. The molecule has 1 aromatic heterocycles. The summed E-state index contributed by atoms with van der Waals surface area (Å²) in [5.74, 6) is -1.59. The number of carbonyl (C=O) groups is 2. The van der Waals surface area contributed by atoms with Gasteiger partial charge in [0.2, 0.25) is 5.91 Å². The lowest BCUT2D eigenvalue weighted by molar-refractivity contribution is -0.119. The molecular weight excluding hydrogens is 420 g/mol. The Morgan fingerprint density at radius 2 is 2.00 bits per heavy atom. The van der Waals surface area contributed by atoms with E-state index in [4.69, 9.17) is 10.5 Å². The Kier molecular flexibility index (Phi) is 5.76. The van der Waals surface area contributed by atoms with E-state index in [1.165, 1.54) is 13.0 Å². The van der Waals surface area contributed by atoms with Gasteiger partial charge in [-0.25, -0.2) is 13.5 Å². The summed E-state index contributed by atoms with van der Waals surface area (Å²) < 4.78 is 34.1. The molecular formula is C22H21F2N5O3. The first-order chi connectivity index (χ1) is 15.3. The van der Waals surface area contributed by atoms with Crippen LogP contribution in [0, 0.1) is 11.6 Å². The van der Waals surface area contributed by atoms with Crippen molar-refractivity contribution in [2.45, 2.75) is 19.4 Å². The molecule has 3 aromatic rings. The highest BCUT2D eigenvalue weighted by molar-refractivity contribution is 6.03. The maximum absolute atomic E-state index is 13.8. The number of hydrogen-bond donors (Lipinski definition) is 3. The predicted molar refractivity (Wildman–Crippen MR) is 113 cm³/mol. The van der Waals surface area contributed by atoms with Crippen molar-refractivity contribution in [2.75, 3.05) is 18.4 Å². The Bertz CT molecular complexity index is 1180. The second-order valence-electron chi connectivity index (χ2n) is 7.39. The van der Waals surface area contributed by atoms with Crippen molar-refractivity contribution >= 4 is 17.6 Å². The monoisotopic (exact) mass is 441 g/mol. The number of hydrogen-bond acceptors (Lipinski definition) is 5. The number of primary amides is 1. The summed E-state index contributed by atoms with van der Waals surface area (Å²) in [5.41, 5.74) is 6.88. The summed E-state index contributed by atoms with van der Waals surface area (Å²) in [6.45, 7) is 2.41. The number of nitrogens with two attached hydrogens (primary N) is 1. The smallest absolute Gasteiger partial charge is 0.254 e. The highest BCUT2D eigenvalue weighted by Crippen LogP contribution is 2.35. The fourth-order valence-corrected chi connectivity index (χ4v) is 3.60. The van der Waals surface area contributed by atoms with E-state index in [2.05, 4.69) is 15.7 Å². The average molecular weight is 441 g/mol. The van der Waals surface area contributed by atoms with E-state index < -0.39 is 17.5 Å². The summed E-state index contributed by atoms with van der Waals surface area (Å²) in [4.78, 5) is 23.6. The number of fused-ring (bicyclic) bond motifs is 1. The minimum Gasteiger partial charge on any atom is -0.454 e. The Hall–Kier alpha value is -3.95. The molecule has 0 saturated heterocycles. The molecule has 0 bridgehead atoms. The van der Waals surface area contributed by atoms with Gasteiger partial charge in [0.1, 0.15) is 28.6 Å². The zero-order valence-electron chi connectivity index (χ0n) is 17.2. The normalized spacial score (nSPS) is 14.9. The van der Waals surface area contributed by atoms with Gasteiger partial charge in [0.05, 0.1) is 6.04 Å². The van der Waals surface area contributed by atoms with Crippen LogP contribution >= 0.6 is 0 Å². The lowest BCUT2D eigenvalue weighted by atomic mass is 10.1. The van der Waals surface area contributed by atoms with Crippen LogP contribution in [0.2, 0.25) is 0 Å². The van der Waals surface area contributed by atoms with Crippen molar-refractivity contribution < 1.29 is 23.1 Å². The fourth-order valence-electron chi connectivity index (χ4n) is 3.60. The van der Waals surface area contributed by atoms with E-state index in [1.54, 1.807) is 28.9 Å². The van der Waals surface area contributed by atoms with Gasteiger partial charge in [-0.2, -0.15) is 5.10 Å². The van der Waals surface area contributed by atoms with Crippen molar-refractivity contribution in [2.24, 2.45) is 5.73 Å². The molecule has 0 spiro atoms. The third-order valence-corrected chi connectivity index (χ3v) is 5.11. The number of ether oxygens (including phenoxy) is 1. The van der Waals surface area contributed by atoms with Crippen LogP contribution in [0.3, 0.4) is 0 Å². The molecule has 2 heterocycles. The minimum atomic E-state index is -0.817. The number of rotatable bonds is 6. The van der Waals surface area contributed by atoms with Crippen molar-refractivity contribution in [3.63, 3.8) is 0 Å². The van der Waals surface area contributed by atoms with Gasteiger partial charge in [-0.15, -0.1) is 0 Å². The molecule has 1 unspecified atom stereocenters. The molecule has 1 aliphatic rings. The molecule has 0 fully saturated rings. The maximum atomic E-state index is 13.8. The third-order valence-electron chi connectivity index (χ3n) is 5.11. The number of halogens is 2. The van der Waals surface area contributed by atoms with E-state index in [9.17, 15) is 18.4 Å². The molecule has 10 heteroatoms. The number of aromatic nitrogens is 2. The SMILES string of the molecule is CC(=O)NCC1CCNc2c(C(N)=O)c(-c3ccc(Oc4ccc(F)cc4F)cc3)nn21. The van der Waals surface area contributed by atoms with Gasteiger partial charge in [-0.05, 0) is 42.8 Å². The number of benzene rings is 2. The Morgan fingerprint density at radius 3 is 2.66 bits per heavy atom. The molecule has 2 amide bonds. The van der Waals surface area contributed by atoms with E-state index in [-0.39, 0.29) is 23.3 Å². The summed E-state index contributed by atoms with van der Waals surface area (Å²) in [7, 11) is 0. The van der Waals surface area contributed by atoms with Gasteiger partial charge in [-0.1, -0.05) is 0 Å². The number of carbonyl (C=O) groups excluding carboxylic acids is 2. The van der Waals surface area contributed by atoms with Crippen LogP contribution in [0.1, 0.15) is 29.7 Å². The molecule has 4 N–H and O–H groups in total. The molecule has 32 heavy (non-hydrogen) atoms. The van der Waals surface area contributed by atoms with E-state index in [0.29, 0.717) is 42.3 Å². The van der Waals surface area contributed by atoms with Crippen LogP contribution in [0.5, 0.6) is 11.5 Å². The topological polar surface area (TPSA) is 111 Å². The zero-order chi connectivity index (χ0) is 22.8. The van der Waals surface area contributed by atoms with Crippen molar-refractivity contribution in [1.82, 2.24) is 15.1 Å². The Labute approximate surface area is 182 Å². The number of amides is 2. The highest BCUT2D eigenvalue weighted by atomic mass is 19.1. The van der Waals surface area contributed by atoms with E-state index >= 15 is 0 Å². The van der Waals surface area contributed by atoms with Crippen molar-refractivity contribution in [3.8, 4) is 22.8 Å². The van der Waals surface area contributed by atoms with Gasteiger partial charge in [0, 0.05) is 31.6 Å². The van der Waals surface area contributed by atoms with Crippen LogP contribution < -0.4 is 21.1 Å². The predicted octanol–water partition coefficient (Wildman–Crippen LogP) is 3.21. The average Bonchev–Trinajstić information content (AvgIpc) is 3.15. The summed E-state index contributed by atoms with van der Waals surface area (Å²) in [6.07, 6.45) is 0.711. The molecule has 1 atom stereocenters. The summed E-state index contributed by atoms with van der Waals surface area (Å²) in [6, 6.07) is 9.42. The van der Waals surface area contributed by atoms with Gasteiger partial charge >= 0.3 is 0 Å². The first-order valence-electron chi connectivity index (χ1n) is 9.97. The van der Waals surface area contributed by atoms with Gasteiger partial charge in [-0.3, -0.25) is 9.59 Å². The minimum absolute atomic E-state index is 0.112. The van der Waals surface area contributed by atoms with Crippen LogP contribution in [0.25, 0.3) is 11.3 Å². The van der Waals surface area contributed by atoms with Gasteiger partial charge in [0.15, 0.2) is 11.6 Å². The third kappa shape index (κ3) is 4.25. The maximum Gasteiger partial charge on any atom is 0.254 e. The number of nitrogens with one attached hydrogen (secondary N) is 2. The van der Waals surface area contributed by atoms with Crippen LogP contribution in [-0.2, 0) is 4.79 Å². The second-order valence-corrected chi connectivity index (χ2v) is 7.39. The molecule has 8 nitrogen and oxygen atoms in total. The first kappa shape index (κ1) is 21.3.